The third kappa shape index (κ3) is 6.71. The zero-order valence-corrected chi connectivity index (χ0v) is 14.9. The van der Waals surface area contributed by atoms with E-state index in [-0.39, 0.29) is 5.75 Å². The fraction of sp³-hybridized carbons (Fsp3) is 0.200. The van der Waals surface area contributed by atoms with Crippen LogP contribution in [0.4, 0.5) is 24.5 Å². The topological polar surface area (TPSA) is 50.4 Å². The van der Waals surface area contributed by atoms with Crippen LogP contribution in [0, 0.1) is 0 Å². The Labute approximate surface area is 151 Å². The Bertz CT molecular complexity index is 654. The first kappa shape index (κ1) is 20.2. The third-order valence-electron chi connectivity index (χ3n) is 2.89. The van der Waals surface area contributed by atoms with Crippen molar-refractivity contribution in [2.24, 2.45) is 0 Å². The van der Waals surface area contributed by atoms with Crippen molar-refractivity contribution in [2.45, 2.75) is 12.9 Å². The number of hydrogen-bond donors (Lipinski definition) is 2. The van der Waals surface area contributed by atoms with Gasteiger partial charge in [-0.15, -0.1) is 13.2 Å². The van der Waals surface area contributed by atoms with Crippen molar-refractivity contribution < 1.29 is 22.1 Å². The zero-order chi connectivity index (χ0) is 18.2. The lowest BCUT2D eigenvalue weighted by atomic mass is 10.2. The molecule has 0 fully saturated rings. The maximum Gasteiger partial charge on any atom is 0.573 e. The van der Waals surface area contributed by atoms with E-state index in [0.717, 1.165) is 21.4 Å². The van der Waals surface area contributed by atoms with Gasteiger partial charge in [-0.05, 0) is 35.9 Å². The van der Waals surface area contributed by atoms with Crippen molar-refractivity contribution in [3.63, 3.8) is 0 Å². The van der Waals surface area contributed by atoms with Crippen LogP contribution in [0.15, 0.2) is 46.9 Å². The van der Waals surface area contributed by atoms with Gasteiger partial charge in [0.25, 0.3) is 0 Å². The number of alkyl halides is 3. The standard InChI is InChI=1S/C15H14BrF3N2O.OS/c1-20-14-8-11(16)4-7-13(14)21-9-10-2-5-12(6-3-10)22-15(17,18)19;1-2/h2-8,20-21H,9H2,1H3;. The molecule has 0 amide bonds. The number of ether oxygens (including phenoxy) is 1. The number of hydrogen-bond acceptors (Lipinski definition) is 5. The fourth-order valence-electron chi connectivity index (χ4n) is 1.88. The van der Waals surface area contributed by atoms with Gasteiger partial charge in [0.15, 0.2) is 12.5 Å². The van der Waals surface area contributed by atoms with Gasteiger partial charge < -0.3 is 15.4 Å². The molecular weight excluding hydrogens is 409 g/mol. The van der Waals surface area contributed by atoms with Gasteiger partial charge in [0.1, 0.15) is 5.75 Å². The minimum atomic E-state index is -4.67. The van der Waals surface area contributed by atoms with Gasteiger partial charge in [0.05, 0.1) is 11.4 Å². The molecule has 0 aliphatic carbocycles. The van der Waals surface area contributed by atoms with Gasteiger partial charge in [-0.25, -0.2) is 0 Å². The molecule has 0 radical (unpaired) electrons. The number of anilines is 2. The summed E-state index contributed by atoms with van der Waals surface area (Å²) in [7, 11) is 1.82. The highest BCUT2D eigenvalue weighted by molar-refractivity contribution is 9.10. The molecule has 0 atom stereocenters. The van der Waals surface area contributed by atoms with Gasteiger partial charge in [-0.2, -0.15) is 4.21 Å². The average Bonchev–Trinajstić information content (AvgIpc) is 2.55. The van der Waals surface area contributed by atoms with Crippen LogP contribution < -0.4 is 15.4 Å². The molecule has 0 aromatic heterocycles. The van der Waals surface area contributed by atoms with Gasteiger partial charge in [-0.1, -0.05) is 28.1 Å². The number of nitrogens with one attached hydrogen (secondary N) is 2. The Morgan fingerprint density at radius 3 is 2.25 bits per heavy atom. The lowest BCUT2D eigenvalue weighted by molar-refractivity contribution is -0.274. The average molecular weight is 423 g/mol. The van der Waals surface area contributed by atoms with Gasteiger partial charge >= 0.3 is 6.36 Å². The Morgan fingerprint density at radius 1 is 1.08 bits per heavy atom. The van der Waals surface area contributed by atoms with E-state index in [1.165, 1.54) is 12.1 Å². The van der Waals surface area contributed by atoms with Crippen molar-refractivity contribution in [1.82, 2.24) is 0 Å². The minimum absolute atomic E-state index is 0.226. The summed E-state index contributed by atoms with van der Waals surface area (Å²) in [5.74, 6) is -0.226. The molecule has 4 nitrogen and oxygen atoms in total. The smallest absolute Gasteiger partial charge is 0.406 e. The molecule has 0 spiro atoms. The second-order valence-electron chi connectivity index (χ2n) is 4.49. The fourth-order valence-corrected chi connectivity index (χ4v) is 2.24. The second-order valence-corrected chi connectivity index (χ2v) is 5.40. The monoisotopic (exact) mass is 422 g/mol. The third-order valence-corrected chi connectivity index (χ3v) is 3.38. The summed E-state index contributed by atoms with van der Waals surface area (Å²) < 4.78 is 48.9. The van der Waals surface area contributed by atoms with Gasteiger partial charge in [0.2, 0.25) is 0 Å². The summed E-state index contributed by atoms with van der Waals surface area (Å²) in [6, 6.07) is 11.5. The highest BCUT2D eigenvalue weighted by Crippen LogP contribution is 2.27. The molecule has 24 heavy (non-hydrogen) atoms. The molecule has 0 unspecified atom stereocenters. The van der Waals surface area contributed by atoms with E-state index in [4.69, 9.17) is 4.21 Å². The first-order valence-electron chi connectivity index (χ1n) is 6.60. The summed E-state index contributed by atoms with van der Waals surface area (Å²) in [6.45, 7) is 0.489. The van der Waals surface area contributed by atoms with Crippen LogP contribution in [0.1, 0.15) is 5.56 Å². The molecule has 0 aliphatic rings. The Hall–Kier alpha value is -1.87. The first-order valence-corrected chi connectivity index (χ1v) is 7.72. The Kier molecular flexibility index (Phi) is 7.93. The second kappa shape index (κ2) is 9.43. The van der Waals surface area contributed by atoms with E-state index in [1.54, 1.807) is 12.1 Å². The first-order chi connectivity index (χ1) is 11.4. The van der Waals surface area contributed by atoms with Crippen LogP contribution in [0.2, 0.25) is 0 Å². The molecule has 0 heterocycles. The summed E-state index contributed by atoms with van der Waals surface area (Å²) in [5.41, 5.74) is 2.67. The SMILES string of the molecule is CNc1cc(Br)ccc1NCc1ccc(OC(F)(F)F)cc1.O=S. The molecule has 0 aliphatic heterocycles. The van der Waals surface area contributed by atoms with Gasteiger partial charge in [0, 0.05) is 18.1 Å². The van der Waals surface area contributed by atoms with Crippen molar-refractivity contribution >= 4 is 39.8 Å². The summed E-state index contributed by atoms with van der Waals surface area (Å²) in [5, 5.41) is 6.30. The van der Waals surface area contributed by atoms with E-state index in [9.17, 15) is 13.2 Å². The predicted molar refractivity (Wildman–Crippen MR) is 92.3 cm³/mol. The Morgan fingerprint density at radius 2 is 1.71 bits per heavy atom. The van der Waals surface area contributed by atoms with E-state index < -0.39 is 6.36 Å². The van der Waals surface area contributed by atoms with Crippen molar-refractivity contribution in [3.05, 3.63) is 52.5 Å². The molecule has 2 aromatic rings. The molecule has 2 rings (SSSR count). The summed E-state index contributed by atoms with van der Waals surface area (Å²) in [6.07, 6.45) is -4.67. The van der Waals surface area contributed by atoms with Crippen LogP contribution in [0.3, 0.4) is 0 Å². The van der Waals surface area contributed by atoms with Crippen LogP contribution >= 0.6 is 15.9 Å². The maximum atomic E-state index is 12.1. The van der Waals surface area contributed by atoms with Crippen molar-refractivity contribution in [1.29, 1.82) is 0 Å². The van der Waals surface area contributed by atoms with E-state index >= 15 is 0 Å². The summed E-state index contributed by atoms with van der Waals surface area (Å²) in [4.78, 5) is 0. The molecule has 0 saturated heterocycles. The largest absolute Gasteiger partial charge is 0.573 e. The van der Waals surface area contributed by atoms with Crippen LogP contribution in [-0.2, 0) is 19.1 Å². The highest BCUT2D eigenvalue weighted by Gasteiger charge is 2.30. The number of halogens is 4. The lowest BCUT2D eigenvalue weighted by Crippen LogP contribution is -2.17. The molecular formula is C15H14BrF3N2O2S. The number of rotatable bonds is 5. The predicted octanol–water partition coefficient (Wildman–Crippen LogP) is 4.67. The van der Waals surface area contributed by atoms with Crippen molar-refractivity contribution in [2.75, 3.05) is 17.7 Å². The molecule has 2 aromatic carbocycles. The van der Waals surface area contributed by atoms with Gasteiger partial charge in [-0.3, -0.25) is 0 Å². The quantitative estimate of drug-likeness (QED) is 0.733. The number of benzene rings is 2. The zero-order valence-electron chi connectivity index (χ0n) is 12.5. The molecule has 9 heteroatoms. The normalized spacial score (nSPS) is 10.4. The molecule has 0 saturated carbocycles. The molecule has 2 N–H and O–H groups in total. The summed E-state index contributed by atoms with van der Waals surface area (Å²) >= 11 is 6.22. The van der Waals surface area contributed by atoms with Crippen molar-refractivity contribution in [3.8, 4) is 5.75 Å². The van der Waals surface area contributed by atoms with E-state index in [2.05, 4.69) is 43.8 Å². The van der Waals surface area contributed by atoms with Crippen LogP contribution in [-0.4, -0.2) is 17.6 Å². The van der Waals surface area contributed by atoms with Crippen LogP contribution in [0.5, 0.6) is 5.75 Å². The van der Waals surface area contributed by atoms with Crippen LogP contribution in [0.25, 0.3) is 0 Å². The Balaban J connectivity index is 0.00000139. The lowest BCUT2D eigenvalue weighted by Gasteiger charge is -2.13. The minimum Gasteiger partial charge on any atom is -0.406 e. The van der Waals surface area contributed by atoms with E-state index in [0.29, 0.717) is 6.54 Å². The highest BCUT2D eigenvalue weighted by atomic mass is 79.9. The van der Waals surface area contributed by atoms with E-state index in [1.807, 2.05) is 25.2 Å². The maximum absolute atomic E-state index is 12.1. The molecule has 130 valence electrons. The molecule has 0 bridgehead atoms.